The van der Waals surface area contributed by atoms with Gasteiger partial charge in [-0.05, 0) is 78.1 Å². The lowest BCUT2D eigenvalue weighted by molar-refractivity contribution is -0.121. The Bertz CT molecular complexity index is 1350. The minimum atomic E-state index is -0.877. The highest BCUT2D eigenvalue weighted by atomic mass is 16.5. The zero-order valence-electron chi connectivity index (χ0n) is 19.0. The van der Waals surface area contributed by atoms with Crippen molar-refractivity contribution >= 4 is 16.6 Å². The zero-order chi connectivity index (χ0) is 23.4. The summed E-state index contributed by atoms with van der Waals surface area (Å²) >= 11 is 0. The Kier molecular flexibility index (Phi) is 6.42. The first-order valence-corrected chi connectivity index (χ1v) is 10.9. The van der Waals surface area contributed by atoms with Crippen LogP contribution >= 0.6 is 0 Å². The van der Waals surface area contributed by atoms with Crippen molar-refractivity contribution in [1.29, 1.82) is 5.26 Å². The molecule has 4 aromatic carbocycles. The Morgan fingerprint density at radius 2 is 1.58 bits per heavy atom. The van der Waals surface area contributed by atoms with Crippen LogP contribution in [-0.2, 0) is 4.79 Å². The Labute approximate surface area is 194 Å². The second-order valence-electron chi connectivity index (χ2n) is 8.11. The number of ether oxygens (including phenoxy) is 2. The van der Waals surface area contributed by atoms with Crippen molar-refractivity contribution in [2.45, 2.75) is 26.7 Å². The van der Waals surface area contributed by atoms with Gasteiger partial charge in [-0.25, -0.2) is 0 Å². The summed E-state index contributed by atoms with van der Waals surface area (Å²) in [5.74, 6) is 1.02. The second kappa shape index (κ2) is 9.58. The minimum absolute atomic E-state index is 0.177. The Morgan fingerprint density at radius 3 is 2.30 bits per heavy atom. The van der Waals surface area contributed by atoms with E-state index in [0.717, 1.165) is 39.0 Å². The summed E-state index contributed by atoms with van der Waals surface area (Å²) in [5.41, 5.74) is 3.45. The summed E-state index contributed by atoms with van der Waals surface area (Å²) in [6.07, 6.45) is 0. The first kappa shape index (κ1) is 22.1. The van der Waals surface area contributed by atoms with Crippen LogP contribution in [0.2, 0.25) is 0 Å². The first-order valence-electron chi connectivity index (χ1n) is 10.9. The molecule has 0 N–H and O–H groups in total. The average molecular weight is 436 g/mol. The third-order valence-electron chi connectivity index (χ3n) is 5.87. The summed E-state index contributed by atoms with van der Waals surface area (Å²) in [4.78, 5) is 12.9. The van der Waals surface area contributed by atoms with Gasteiger partial charge in [-0.15, -0.1) is 0 Å². The molecule has 0 spiro atoms. The van der Waals surface area contributed by atoms with Crippen LogP contribution in [0.25, 0.3) is 10.8 Å². The molecule has 0 aliphatic heterocycles. The number of carbonyl (C=O) groups is 1. The van der Waals surface area contributed by atoms with Crippen molar-refractivity contribution < 1.29 is 14.3 Å². The zero-order valence-corrected chi connectivity index (χ0v) is 19.0. The number of fused-ring (bicyclic) bond motifs is 1. The summed E-state index contributed by atoms with van der Waals surface area (Å²) in [5, 5.41) is 11.8. The molecule has 1 atom stereocenters. The summed E-state index contributed by atoms with van der Waals surface area (Å²) in [6, 6.07) is 27.2. The van der Waals surface area contributed by atoms with E-state index in [0.29, 0.717) is 11.3 Å². The van der Waals surface area contributed by atoms with E-state index < -0.39 is 5.92 Å². The number of para-hydroxylation sites is 1. The molecule has 0 saturated heterocycles. The highest BCUT2D eigenvalue weighted by Crippen LogP contribution is 2.36. The van der Waals surface area contributed by atoms with E-state index in [9.17, 15) is 10.1 Å². The Hall–Kier alpha value is -4.10. The van der Waals surface area contributed by atoms with Crippen LogP contribution in [0.3, 0.4) is 0 Å². The number of carbonyl (C=O) groups excluding carboxylic acids is 1. The van der Waals surface area contributed by atoms with Gasteiger partial charge in [0, 0.05) is 0 Å². The van der Waals surface area contributed by atoms with Gasteiger partial charge in [0.25, 0.3) is 0 Å². The predicted octanol–water partition coefficient (Wildman–Crippen LogP) is 6.81. The van der Waals surface area contributed by atoms with Crippen LogP contribution in [0.4, 0.5) is 0 Å². The van der Waals surface area contributed by atoms with Crippen LogP contribution in [0.15, 0.2) is 78.9 Å². The quantitative estimate of drug-likeness (QED) is 0.320. The van der Waals surface area contributed by atoms with E-state index in [4.69, 9.17) is 9.47 Å². The maximum atomic E-state index is 12.9. The fraction of sp³-hybridized carbons (Fsp3) is 0.172. The lowest BCUT2D eigenvalue weighted by atomic mass is 9.94. The number of hydrogen-bond acceptors (Lipinski definition) is 4. The lowest BCUT2D eigenvalue weighted by Crippen LogP contribution is -2.19. The normalized spacial score (nSPS) is 11.6. The monoisotopic (exact) mass is 435 g/mol. The lowest BCUT2D eigenvalue weighted by Gasteiger charge is -2.18. The van der Waals surface area contributed by atoms with Crippen molar-refractivity contribution in [2.75, 3.05) is 6.61 Å². The molecule has 0 amide bonds. The number of nitriles is 1. The molecule has 4 rings (SSSR count). The van der Waals surface area contributed by atoms with Crippen molar-refractivity contribution in [3.05, 3.63) is 101 Å². The molecule has 0 saturated carbocycles. The molecule has 1 unspecified atom stereocenters. The van der Waals surface area contributed by atoms with Gasteiger partial charge in [-0.1, -0.05) is 54.6 Å². The summed E-state index contributed by atoms with van der Waals surface area (Å²) in [7, 11) is 0. The number of hydrogen-bond donors (Lipinski definition) is 0. The van der Waals surface area contributed by atoms with E-state index >= 15 is 0 Å². The van der Waals surface area contributed by atoms with Crippen molar-refractivity contribution in [3.8, 4) is 23.3 Å². The van der Waals surface area contributed by atoms with E-state index in [1.807, 2.05) is 99.6 Å². The van der Waals surface area contributed by atoms with Crippen molar-refractivity contribution in [2.24, 2.45) is 0 Å². The molecule has 0 aromatic heterocycles. The number of Topliss-reactive ketones (excluding diaryl/α,β-unsaturated/α-hetero) is 1. The Balaban J connectivity index is 1.51. The van der Waals surface area contributed by atoms with Crippen molar-refractivity contribution in [3.63, 3.8) is 0 Å². The number of aryl methyl sites for hydroxylation is 1. The van der Waals surface area contributed by atoms with E-state index in [1.165, 1.54) is 0 Å². The molecular formula is C29H25NO3. The number of rotatable bonds is 7. The standard InChI is InChI=1S/C29H25NO3/c1-19-15-28(20(2)21(3)29(19)33-25-11-5-4-6-12-25)32-18-27(31)26(17-30)24-14-13-22-9-7-8-10-23(22)16-24/h4-16,26H,18H2,1-3H3. The van der Waals surface area contributed by atoms with Gasteiger partial charge in [0.05, 0.1) is 6.07 Å². The van der Waals surface area contributed by atoms with Crippen LogP contribution in [0, 0.1) is 32.1 Å². The van der Waals surface area contributed by atoms with Gasteiger partial charge in [-0.3, -0.25) is 4.79 Å². The third kappa shape index (κ3) is 4.73. The molecule has 33 heavy (non-hydrogen) atoms. The van der Waals surface area contributed by atoms with Crippen LogP contribution in [0.5, 0.6) is 17.2 Å². The Morgan fingerprint density at radius 1 is 0.879 bits per heavy atom. The van der Waals surface area contributed by atoms with Gasteiger partial charge in [0.1, 0.15) is 29.8 Å². The SMILES string of the molecule is Cc1cc(OCC(=O)C(C#N)c2ccc3ccccc3c2)c(C)c(C)c1Oc1ccccc1. The molecule has 0 bridgehead atoms. The predicted molar refractivity (Wildman–Crippen MR) is 130 cm³/mol. The maximum absolute atomic E-state index is 12.9. The average Bonchev–Trinajstić information content (AvgIpc) is 2.84. The smallest absolute Gasteiger partial charge is 0.191 e. The summed E-state index contributed by atoms with van der Waals surface area (Å²) < 4.78 is 12.0. The van der Waals surface area contributed by atoms with Crippen molar-refractivity contribution in [1.82, 2.24) is 0 Å². The molecule has 164 valence electrons. The molecule has 4 heteroatoms. The molecule has 0 heterocycles. The highest BCUT2D eigenvalue weighted by molar-refractivity contribution is 5.92. The van der Waals surface area contributed by atoms with Crippen LogP contribution in [-0.4, -0.2) is 12.4 Å². The van der Waals surface area contributed by atoms with Gasteiger partial charge < -0.3 is 9.47 Å². The van der Waals surface area contributed by atoms with Gasteiger partial charge in [0.2, 0.25) is 0 Å². The molecular weight excluding hydrogens is 410 g/mol. The largest absolute Gasteiger partial charge is 0.485 e. The number of benzene rings is 4. The van der Waals surface area contributed by atoms with Gasteiger partial charge >= 0.3 is 0 Å². The summed E-state index contributed by atoms with van der Waals surface area (Å²) in [6.45, 7) is 5.69. The molecule has 4 aromatic rings. The fourth-order valence-electron chi connectivity index (χ4n) is 3.89. The molecule has 0 aliphatic carbocycles. The second-order valence-corrected chi connectivity index (χ2v) is 8.11. The maximum Gasteiger partial charge on any atom is 0.191 e. The van der Waals surface area contributed by atoms with Gasteiger partial charge in [-0.2, -0.15) is 5.26 Å². The molecule has 0 aliphatic rings. The number of ketones is 1. The van der Waals surface area contributed by atoms with Crippen LogP contribution < -0.4 is 9.47 Å². The minimum Gasteiger partial charge on any atom is -0.485 e. The molecule has 4 nitrogen and oxygen atoms in total. The fourth-order valence-corrected chi connectivity index (χ4v) is 3.89. The third-order valence-corrected chi connectivity index (χ3v) is 5.87. The van der Waals surface area contributed by atoms with E-state index in [2.05, 4.69) is 6.07 Å². The van der Waals surface area contributed by atoms with Crippen LogP contribution in [0.1, 0.15) is 28.2 Å². The van der Waals surface area contributed by atoms with E-state index in [-0.39, 0.29) is 12.4 Å². The topological polar surface area (TPSA) is 59.3 Å². The van der Waals surface area contributed by atoms with Gasteiger partial charge in [0.15, 0.2) is 5.78 Å². The molecule has 0 radical (unpaired) electrons. The molecule has 0 fully saturated rings. The highest BCUT2D eigenvalue weighted by Gasteiger charge is 2.22. The van der Waals surface area contributed by atoms with E-state index in [1.54, 1.807) is 0 Å². The number of nitrogens with zero attached hydrogens (tertiary/aromatic N) is 1. The first-order chi connectivity index (χ1) is 16.0.